The Bertz CT molecular complexity index is 1130. The number of carbonyl (C=O) groups is 1. The Labute approximate surface area is 187 Å². The van der Waals surface area contributed by atoms with Crippen LogP contribution in [0.15, 0.2) is 30.3 Å². The first-order valence-electron chi connectivity index (χ1n) is 9.44. The van der Waals surface area contributed by atoms with Crippen molar-refractivity contribution in [3.8, 4) is 23.6 Å². The number of hydrogen-bond acceptors (Lipinski definition) is 5. The molecule has 0 aliphatic carbocycles. The molecule has 1 fully saturated rings. The number of hydrogen-bond donors (Lipinski definition) is 0. The lowest BCUT2D eigenvalue weighted by Gasteiger charge is -2.40. The monoisotopic (exact) mass is 463 g/mol. The van der Waals surface area contributed by atoms with E-state index in [1.54, 1.807) is 18.2 Å². The third kappa shape index (κ3) is 4.44. The van der Waals surface area contributed by atoms with Gasteiger partial charge in [-0.25, -0.2) is 0 Å². The first kappa shape index (κ1) is 23.2. The second-order valence-electron chi connectivity index (χ2n) is 7.19. The molecule has 166 valence electrons. The summed E-state index contributed by atoms with van der Waals surface area (Å²) in [5.41, 5.74) is 0.928. The molecule has 0 saturated carbocycles. The third-order valence-corrected chi connectivity index (χ3v) is 5.49. The molecule has 1 atom stereocenters. The van der Waals surface area contributed by atoms with Crippen LogP contribution in [0.25, 0.3) is 0 Å². The molecule has 10 heteroatoms. The number of carbonyl (C=O) groups excluding carboxylic acids is 1. The van der Waals surface area contributed by atoms with Crippen LogP contribution in [0.3, 0.4) is 0 Å². The summed E-state index contributed by atoms with van der Waals surface area (Å²) in [6.45, 7) is 1.37. The average molecular weight is 464 g/mol. The number of benzene rings is 2. The number of methoxy groups -OCH3 is 1. The summed E-state index contributed by atoms with van der Waals surface area (Å²) in [5, 5.41) is 18.6. The lowest BCUT2D eigenvalue weighted by atomic mass is 9.90. The van der Waals surface area contributed by atoms with E-state index in [9.17, 15) is 23.2 Å². The van der Waals surface area contributed by atoms with E-state index in [1.165, 1.54) is 18.1 Å². The maximum atomic E-state index is 13.2. The Morgan fingerprint density at radius 2 is 1.81 bits per heavy atom. The molecule has 1 aliphatic rings. The quantitative estimate of drug-likeness (QED) is 0.643. The van der Waals surface area contributed by atoms with E-state index in [2.05, 4.69) is 0 Å². The molecule has 6 nitrogen and oxygen atoms in total. The highest BCUT2D eigenvalue weighted by atomic mass is 35.5. The number of amides is 1. The first-order valence-corrected chi connectivity index (χ1v) is 9.81. The van der Waals surface area contributed by atoms with Crippen molar-refractivity contribution in [3.63, 3.8) is 0 Å². The Morgan fingerprint density at radius 1 is 1.19 bits per heavy atom. The van der Waals surface area contributed by atoms with Gasteiger partial charge in [0.1, 0.15) is 23.5 Å². The van der Waals surface area contributed by atoms with Gasteiger partial charge in [0.25, 0.3) is 5.91 Å². The summed E-state index contributed by atoms with van der Waals surface area (Å²) in [6.07, 6.45) is -6.81. The van der Waals surface area contributed by atoms with Gasteiger partial charge in [0.05, 0.1) is 23.3 Å². The Kier molecular flexibility index (Phi) is 6.52. The predicted octanol–water partition coefficient (Wildman–Crippen LogP) is 4.66. The van der Waals surface area contributed by atoms with Gasteiger partial charge in [-0.3, -0.25) is 4.79 Å². The molecule has 1 heterocycles. The Hall–Kier alpha value is -3.43. The second-order valence-corrected chi connectivity index (χ2v) is 7.60. The van der Waals surface area contributed by atoms with E-state index in [0.29, 0.717) is 10.6 Å². The summed E-state index contributed by atoms with van der Waals surface area (Å²) in [4.78, 5) is 14.6. The average Bonchev–Trinajstić information content (AvgIpc) is 2.71. The number of nitriles is 2. The van der Waals surface area contributed by atoms with Gasteiger partial charge in [-0.05, 0) is 36.8 Å². The molecule has 32 heavy (non-hydrogen) atoms. The molecular formula is C22H17ClF3N3O3. The van der Waals surface area contributed by atoms with Crippen molar-refractivity contribution in [2.45, 2.75) is 25.1 Å². The van der Waals surface area contributed by atoms with E-state index < -0.39 is 18.2 Å². The molecule has 0 N–H and O–H groups in total. The van der Waals surface area contributed by atoms with Crippen molar-refractivity contribution in [2.24, 2.45) is 0 Å². The van der Waals surface area contributed by atoms with Crippen LogP contribution in [0.1, 0.15) is 39.9 Å². The van der Waals surface area contributed by atoms with Gasteiger partial charge >= 0.3 is 6.18 Å². The molecule has 3 rings (SSSR count). The van der Waals surface area contributed by atoms with Gasteiger partial charge < -0.3 is 14.4 Å². The van der Waals surface area contributed by atoms with Gasteiger partial charge in [0, 0.05) is 19.0 Å². The molecule has 2 aromatic carbocycles. The largest absolute Gasteiger partial charge is 0.494 e. The summed E-state index contributed by atoms with van der Waals surface area (Å²) < 4.78 is 49.3. The minimum absolute atomic E-state index is 0.00110. The fourth-order valence-corrected chi connectivity index (χ4v) is 3.54. The van der Waals surface area contributed by atoms with E-state index in [1.807, 2.05) is 12.1 Å². The number of alkyl halides is 3. The van der Waals surface area contributed by atoms with Crippen LogP contribution < -0.4 is 9.47 Å². The van der Waals surface area contributed by atoms with Gasteiger partial charge in [-0.1, -0.05) is 17.7 Å². The molecule has 1 amide bonds. The lowest BCUT2D eigenvalue weighted by molar-refractivity contribution is -0.189. The fraction of sp³-hybridized carbons (Fsp3) is 0.318. The zero-order valence-corrected chi connectivity index (χ0v) is 17.8. The third-order valence-electron chi connectivity index (χ3n) is 5.18. The van der Waals surface area contributed by atoms with Crippen LogP contribution in [0.2, 0.25) is 5.02 Å². The van der Waals surface area contributed by atoms with Crippen LogP contribution in [-0.2, 0) is 0 Å². The van der Waals surface area contributed by atoms with Crippen molar-refractivity contribution < 1.29 is 27.4 Å². The van der Waals surface area contributed by atoms with Crippen molar-refractivity contribution in [3.05, 3.63) is 57.6 Å². The van der Waals surface area contributed by atoms with Crippen LogP contribution in [-0.4, -0.2) is 43.3 Å². The molecule has 2 aromatic rings. The SMILES string of the molecule is COc1c(C#N)ccc(O[C@@H](C)C(F)(F)F)c1C(=O)N1CC(c2ccc(C#N)c(Cl)c2)C1. The summed E-state index contributed by atoms with van der Waals surface area (Å²) >= 11 is 6.07. The van der Waals surface area contributed by atoms with Crippen molar-refractivity contribution in [1.29, 1.82) is 10.5 Å². The normalized spacial score (nSPS) is 14.7. The zero-order valence-electron chi connectivity index (χ0n) is 17.0. The highest BCUT2D eigenvalue weighted by molar-refractivity contribution is 6.31. The van der Waals surface area contributed by atoms with Crippen LogP contribution in [0.5, 0.6) is 11.5 Å². The van der Waals surface area contributed by atoms with E-state index in [4.69, 9.17) is 26.3 Å². The number of rotatable bonds is 5. The second kappa shape index (κ2) is 8.97. The lowest BCUT2D eigenvalue weighted by Crippen LogP contribution is -2.48. The van der Waals surface area contributed by atoms with E-state index in [-0.39, 0.29) is 41.6 Å². The standard InChI is InChI=1S/C22H17ClF3N3O3/c1-12(22(24,25)26)32-18-6-5-15(9-28)20(31-2)19(18)21(30)29-10-16(11-29)13-3-4-14(8-27)17(23)7-13/h3-7,12,16H,10-11H2,1-2H3/t12-/m0/s1. The maximum absolute atomic E-state index is 13.2. The van der Waals surface area contributed by atoms with Crippen molar-refractivity contribution in [1.82, 2.24) is 4.90 Å². The smallest absolute Gasteiger partial charge is 0.425 e. The maximum Gasteiger partial charge on any atom is 0.425 e. The minimum Gasteiger partial charge on any atom is -0.494 e. The van der Waals surface area contributed by atoms with Crippen LogP contribution >= 0.6 is 11.6 Å². The first-order chi connectivity index (χ1) is 15.1. The summed E-state index contributed by atoms with van der Waals surface area (Å²) in [5.74, 6) is -1.14. The van der Waals surface area contributed by atoms with Gasteiger partial charge in [-0.15, -0.1) is 0 Å². The highest BCUT2D eigenvalue weighted by Crippen LogP contribution is 2.38. The fourth-order valence-electron chi connectivity index (χ4n) is 3.31. The minimum atomic E-state index is -4.64. The Balaban J connectivity index is 1.88. The molecule has 0 unspecified atom stereocenters. The predicted molar refractivity (Wildman–Crippen MR) is 109 cm³/mol. The van der Waals surface area contributed by atoms with Gasteiger partial charge in [0.15, 0.2) is 11.9 Å². The van der Waals surface area contributed by atoms with Crippen LogP contribution in [0, 0.1) is 22.7 Å². The molecule has 0 radical (unpaired) electrons. The molecule has 1 saturated heterocycles. The Morgan fingerprint density at radius 3 is 2.34 bits per heavy atom. The van der Waals surface area contributed by atoms with Crippen LogP contribution in [0.4, 0.5) is 13.2 Å². The van der Waals surface area contributed by atoms with E-state index >= 15 is 0 Å². The summed E-state index contributed by atoms with van der Waals surface area (Å²) in [6, 6.07) is 11.2. The molecule has 0 bridgehead atoms. The number of likely N-dealkylation sites (tertiary alicyclic amines) is 1. The number of halogens is 4. The van der Waals surface area contributed by atoms with Crippen molar-refractivity contribution >= 4 is 17.5 Å². The van der Waals surface area contributed by atoms with E-state index in [0.717, 1.165) is 18.6 Å². The molecular weight excluding hydrogens is 447 g/mol. The topological polar surface area (TPSA) is 86.3 Å². The van der Waals surface area contributed by atoms with Crippen molar-refractivity contribution in [2.75, 3.05) is 20.2 Å². The number of nitrogens with zero attached hydrogens (tertiary/aromatic N) is 3. The molecule has 0 spiro atoms. The summed E-state index contributed by atoms with van der Waals surface area (Å²) in [7, 11) is 1.22. The molecule has 0 aromatic heterocycles. The molecule has 1 aliphatic heterocycles. The highest BCUT2D eigenvalue weighted by Gasteiger charge is 2.40. The van der Waals surface area contributed by atoms with Gasteiger partial charge in [0.2, 0.25) is 0 Å². The van der Waals surface area contributed by atoms with Gasteiger partial charge in [-0.2, -0.15) is 23.7 Å². The zero-order chi connectivity index (χ0) is 23.6. The number of ether oxygens (including phenoxy) is 2.